The monoisotopic (exact) mass is 189 g/mol. The van der Waals surface area contributed by atoms with E-state index in [9.17, 15) is 0 Å². The number of hydrogen-bond donors (Lipinski definition) is 0. The first kappa shape index (κ1) is 9.57. The Kier molecular flexibility index (Phi) is 3.07. The molecule has 76 valence electrons. The highest BCUT2D eigenvalue weighted by Gasteiger charge is 2.21. The molecule has 0 heterocycles. The van der Waals surface area contributed by atoms with Crippen molar-refractivity contribution in [2.24, 2.45) is 0 Å². The van der Waals surface area contributed by atoms with Gasteiger partial charge >= 0.3 is 0 Å². The normalized spacial score (nSPS) is 17.2. The van der Waals surface area contributed by atoms with Crippen LogP contribution in [0.5, 0.6) is 0 Å². The standard InChI is InChI=1S/C13H19N/c1-2-14(13-10-6-7-11-13)12-8-4-3-5-9-12/h3-5,8-9,13H,2,6-7,10-11H2,1H3. The fourth-order valence-electron chi connectivity index (χ4n) is 2.49. The molecule has 1 aliphatic rings. The van der Waals surface area contributed by atoms with Gasteiger partial charge in [0.1, 0.15) is 0 Å². The lowest BCUT2D eigenvalue weighted by Gasteiger charge is -2.29. The van der Waals surface area contributed by atoms with Crippen molar-refractivity contribution < 1.29 is 0 Å². The van der Waals surface area contributed by atoms with E-state index in [1.165, 1.54) is 31.4 Å². The molecule has 0 amide bonds. The van der Waals surface area contributed by atoms with Crippen molar-refractivity contribution in [1.29, 1.82) is 0 Å². The van der Waals surface area contributed by atoms with Crippen LogP contribution in [0.4, 0.5) is 5.69 Å². The maximum atomic E-state index is 2.55. The average Bonchev–Trinajstić information content (AvgIpc) is 2.74. The Morgan fingerprint density at radius 1 is 1.14 bits per heavy atom. The second kappa shape index (κ2) is 4.50. The highest BCUT2D eigenvalue weighted by molar-refractivity contribution is 5.47. The molecule has 14 heavy (non-hydrogen) atoms. The second-order valence-electron chi connectivity index (χ2n) is 4.06. The Morgan fingerprint density at radius 3 is 2.36 bits per heavy atom. The summed E-state index contributed by atoms with van der Waals surface area (Å²) < 4.78 is 0. The van der Waals surface area contributed by atoms with Gasteiger partial charge in [0.15, 0.2) is 0 Å². The summed E-state index contributed by atoms with van der Waals surface area (Å²) in [6.07, 6.45) is 5.58. The lowest BCUT2D eigenvalue weighted by molar-refractivity contribution is 0.620. The molecule has 1 aromatic carbocycles. The Labute approximate surface area is 86.7 Å². The molecule has 2 rings (SSSR count). The van der Waals surface area contributed by atoms with Crippen molar-refractivity contribution in [1.82, 2.24) is 0 Å². The van der Waals surface area contributed by atoms with Crippen LogP contribution in [0.2, 0.25) is 0 Å². The van der Waals surface area contributed by atoms with Crippen molar-refractivity contribution in [2.45, 2.75) is 38.6 Å². The van der Waals surface area contributed by atoms with Crippen LogP contribution in [0.25, 0.3) is 0 Å². The molecule has 0 unspecified atom stereocenters. The van der Waals surface area contributed by atoms with E-state index in [-0.39, 0.29) is 0 Å². The zero-order valence-corrected chi connectivity index (χ0v) is 8.95. The summed E-state index contributed by atoms with van der Waals surface area (Å²) in [4.78, 5) is 2.55. The minimum Gasteiger partial charge on any atom is -0.369 e. The predicted molar refractivity (Wildman–Crippen MR) is 61.7 cm³/mol. The van der Waals surface area contributed by atoms with Crippen molar-refractivity contribution in [3.63, 3.8) is 0 Å². The van der Waals surface area contributed by atoms with Crippen molar-refractivity contribution in [2.75, 3.05) is 11.4 Å². The molecule has 0 spiro atoms. The maximum absolute atomic E-state index is 2.55. The van der Waals surface area contributed by atoms with E-state index in [1.54, 1.807) is 0 Å². The fraction of sp³-hybridized carbons (Fsp3) is 0.538. The zero-order valence-electron chi connectivity index (χ0n) is 8.95. The molecule has 0 bridgehead atoms. The number of benzene rings is 1. The smallest absolute Gasteiger partial charge is 0.0368 e. The van der Waals surface area contributed by atoms with E-state index in [0.29, 0.717) is 0 Å². The second-order valence-corrected chi connectivity index (χ2v) is 4.06. The fourth-order valence-corrected chi connectivity index (χ4v) is 2.49. The summed E-state index contributed by atoms with van der Waals surface area (Å²) in [6.45, 7) is 3.39. The third kappa shape index (κ3) is 1.92. The summed E-state index contributed by atoms with van der Waals surface area (Å²) >= 11 is 0. The minimum absolute atomic E-state index is 0.794. The lowest BCUT2D eigenvalue weighted by atomic mass is 10.2. The molecule has 1 aliphatic carbocycles. The first-order valence-electron chi connectivity index (χ1n) is 5.73. The number of hydrogen-bond acceptors (Lipinski definition) is 1. The Hall–Kier alpha value is -0.980. The van der Waals surface area contributed by atoms with Crippen LogP contribution in [0.15, 0.2) is 30.3 Å². The summed E-state index contributed by atoms with van der Waals surface area (Å²) in [7, 11) is 0. The first-order chi connectivity index (χ1) is 6.92. The number of nitrogens with zero attached hydrogens (tertiary/aromatic N) is 1. The first-order valence-corrected chi connectivity index (χ1v) is 5.73. The van der Waals surface area contributed by atoms with Crippen LogP contribution in [-0.2, 0) is 0 Å². The maximum Gasteiger partial charge on any atom is 0.0368 e. The molecule has 0 radical (unpaired) electrons. The minimum atomic E-state index is 0.794. The molecular weight excluding hydrogens is 170 g/mol. The topological polar surface area (TPSA) is 3.24 Å². The quantitative estimate of drug-likeness (QED) is 0.704. The highest BCUT2D eigenvalue weighted by Crippen LogP contribution is 2.27. The van der Waals surface area contributed by atoms with Crippen LogP contribution in [0.1, 0.15) is 32.6 Å². The van der Waals surface area contributed by atoms with E-state index < -0.39 is 0 Å². The van der Waals surface area contributed by atoms with Gasteiger partial charge < -0.3 is 4.90 Å². The molecule has 1 heteroatoms. The molecule has 0 saturated heterocycles. The van der Waals surface area contributed by atoms with E-state index in [4.69, 9.17) is 0 Å². The van der Waals surface area contributed by atoms with Gasteiger partial charge in [-0.1, -0.05) is 31.0 Å². The van der Waals surface area contributed by atoms with Gasteiger partial charge in [-0.15, -0.1) is 0 Å². The molecule has 0 atom stereocenters. The van der Waals surface area contributed by atoms with Crippen LogP contribution >= 0.6 is 0 Å². The number of para-hydroxylation sites is 1. The van der Waals surface area contributed by atoms with E-state index in [1.807, 2.05) is 0 Å². The van der Waals surface area contributed by atoms with Gasteiger partial charge in [-0.2, -0.15) is 0 Å². The average molecular weight is 189 g/mol. The Morgan fingerprint density at radius 2 is 1.79 bits per heavy atom. The number of rotatable bonds is 3. The Balaban J connectivity index is 2.12. The molecule has 0 N–H and O–H groups in total. The van der Waals surface area contributed by atoms with Gasteiger partial charge in [-0.05, 0) is 31.9 Å². The summed E-state index contributed by atoms with van der Waals surface area (Å²) in [5, 5.41) is 0. The van der Waals surface area contributed by atoms with Crippen molar-refractivity contribution in [3.8, 4) is 0 Å². The van der Waals surface area contributed by atoms with Gasteiger partial charge in [0.2, 0.25) is 0 Å². The molecule has 1 saturated carbocycles. The lowest BCUT2D eigenvalue weighted by Crippen LogP contribution is -2.32. The third-order valence-corrected chi connectivity index (χ3v) is 3.19. The van der Waals surface area contributed by atoms with E-state index in [0.717, 1.165) is 12.6 Å². The third-order valence-electron chi connectivity index (χ3n) is 3.19. The summed E-state index contributed by atoms with van der Waals surface area (Å²) in [6, 6.07) is 11.6. The van der Waals surface area contributed by atoms with Crippen molar-refractivity contribution >= 4 is 5.69 Å². The van der Waals surface area contributed by atoms with Crippen LogP contribution in [-0.4, -0.2) is 12.6 Å². The SMILES string of the molecule is CCN(c1ccccc1)C1CCCC1. The molecule has 0 aliphatic heterocycles. The molecule has 1 aromatic rings. The van der Waals surface area contributed by atoms with Crippen molar-refractivity contribution in [3.05, 3.63) is 30.3 Å². The number of anilines is 1. The van der Waals surface area contributed by atoms with Gasteiger partial charge in [0, 0.05) is 18.3 Å². The Bertz CT molecular complexity index is 262. The van der Waals surface area contributed by atoms with Crippen LogP contribution in [0, 0.1) is 0 Å². The molecule has 1 nitrogen and oxygen atoms in total. The van der Waals surface area contributed by atoms with Crippen LogP contribution < -0.4 is 4.90 Å². The predicted octanol–water partition coefficient (Wildman–Crippen LogP) is 3.46. The molecule has 0 aromatic heterocycles. The molecular formula is C13H19N. The van der Waals surface area contributed by atoms with Crippen LogP contribution in [0.3, 0.4) is 0 Å². The van der Waals surface area contributed by atoms with Gasteiger partial charge in [0.05, 0.1) is 0 Å². The van der Waals surface area contributed by atoms with E-state index in [2.05, 4.69) is 42.2 Å². The van der Waals surface area contributed by atoms with Gasteiger partial charge in [-0.25, -0.2) is 0 Å². The van der Waals surface area contributed by atoms with Gasteiger partial charge in [-0.3, -0.25) is 0 Å². The largest absolute Gasteiger partial charge is 0.369 e. The zero-order chi connectivity index (χ0) is 9.80. The molecule has 1 fully saturated rings. The van der Waals surface area contributed by atoms with E-state index >= 15 is 0 Å². The summed E-state index contributed by atoms with van der Waals surface area (Å²) in [5.41, 5.74) is 1.39. The highest BCUT2D eigenvalue weighted by atomic mass is 15.2. The summed E-state index contributed by atoms with van der Waals surface area (Å²) in [5.74, 6) is 0. The van der Waals surface area contributed by atoms with Gasteiger partial charge in [0.25, 0.3) is 0 Å².